The Kier molecular flexibility index (Phi) is 5.64. The minimum atomic E-state index is -0.123. The largest absolute Gasteiger partial charge is 0.351 e. The van der Waals surface area contributed by atoms with Crippen molar-refractivity contribution >= 4 is 5.91 Å². The van der Waals surface area contributed by atoms with Crippen molar-refractivity contribution in [3.05, 3.63) is 0 Å². The van der Waals surface area contributed by atoms with Crippen LogP contribution in [0.2, 0.25) is 0 Å². The van der Waals surface area contributed by atoms with Gasteiger partial charge >= 0.3 is 0 Å². The van der Waals surface area contributed by atoms with Gasteiger partial charge in [-0.15, -0.1) is 0 Å². The molecule has 3 nitrogen and oxygen atoms in total. The highest BCUT2D eigenvalue weighted by Crippen LogP contribution is 2.28. The molecule has 0 spiro atoms. The van der Waals surface area contributed by atoms with Crippen LogP contribution in [0.25, 0.3) is 0 Å². The summed E-state index contributed by atoms with van der Waals surface area (Å²) in [5.41, 5.74) is -0.123. The van der Waals surface area contributed by atoms with Gasteiger partial charge in [0.2, 0.25) is 5.91 Å². The van der Waals surface area contributed by atoms with Crippen LogP contribution in [0.15, 0.2) is 0 Å². The second-order valence-corrected chi connectivity index (χ2v) is 6.91. The van der Waals surface area contributed by atoms with Crippen molar-refractivity contribution in [1.29, 1.82) is 0 Å². The molecule has 18 heavy (non-hydrogen) atoms. The highest BCUT2D eigenvalue weighted by molar-refractivity contribution is 5.76. The first-order valence-electron chi connectivity index (χ1n) is 7.34. The van der Waals surface area contributed by atoms with Gasteiger partial charge in [0.1, 0.15) is 0 Å². The molecule has 0 saturated heterocycles. The summed E-state index contributed by atoms with van der Waals surface area (Å²) in [7, 11) is 0. The molecule has 0 aromatic rings. The third-order valence-corrected chi connectivity index (χ3v) is 3.79. The molecule has 0 aromatic carbocycles. The van der Waals surface area contributed by atoms with Crippen LogP contribution < -0.4 is 10.6 Å². The molecule has 3 heteroatoms. The zero-order chi connectivity index (χ0) is 13.8. The van der Waals surface area contributed by atoms with E-state index in [0.717, 1.165) is 18.4 Å². The van der Waals surface area contributed by atoms with Gasteiger partial charge in [0, 0.05) is 24.5 Å². The van der Waals surface area contributed by atoms with E-state index in [0.29, 0.717) is 12.5 Å². The van der Waals surface area contributed by atoms with Crippen LogP contribution in [-0.2, 0) is 4.79 Å². The first-order valence-corrected chi connectivity index (χ1v) is 7.34. The Morgan fingerprint density at radius 3 is 2.22 bits per heavy atom. The molecule has 1 rings (SSSR count). The molecule has 1 saturated carbocycles. The minimum absolute atomic E-state index is 0.123. The van der Waals surface area contributed by atoms with Gasteiger partial charge in [-0.3, -0.25) is 4.79 Å². The maximum atomic E-state index is 11.7. The molecule has 0 bridgehead atoms. The van der Waals surface area contributed by atoms with Crippen LogP contribution in [0.1, 0.15) is 60.3 Å². The molecule has 1 amide bonds. The lowest BCUT2D eigenvalue weighted by Gasteiger charge is -2.35. The third kappa shape index (κ3) is 5.38. The summed E-state index contributed by atoms with van der Waals surface area (Å²) in [6, 6.07) is 0.584. The van der Waals surface area contributed by atoms with Crippen molar-refractivity contribution in [3.63, 3.8) is 0 Å². The summed E-state index contributed by atoms with van der Waals surface area (Å²) in [5, 5.41) is 6.58. The van der Waals surface area contributed by atoms with Crippen molar-refractivity contribution in [1.82, 2.24) is 10.6 Å². The maximum absolute atomic E-state index is 11.7. The van der Waals surface area contributed by atoms with Crippen molar-refractivity contribution in [3.8, 4) is 0 Å². The number of hydrogen-bond donors (Lipinski definition) is 2. The number of nitrogens with one attached hydrogen (secondary N) is 2. The molecule has 1 fully saturated rings. The number of rotatable bonds is 4. The van der Waals surface area contributed by atoms with E-state index in [1.807, 2.05) is 20.8 Å². The Hall–Kier alpha value is -0.570. The second-order valence-electron chi connectivity index (χ2n) is 6.91. The number of amides is 1. The lowest BCUT2D eigenvalue weighted by atomic mass is 9.79. The molecule has 2 unspecified atom stereocenters. The lowest BCUT2D eigenvalue weighted by molar-refractivity contribution is -0.122. The Balaban J connectivity index is 2.26. The van der Waals surface area contributed by atoms with E-state index in [4.69, 9.17) is 0 Å². The van der Waals surface area contributed by atoms with Gasteiger partial charge in [0.05, 0.1) is 0 Å². The van der Waals surface area contributed by atoms with Gasteiger partial charge in [0.25, 0.3) is 0 Å². The van der Waals surface area contributed by atoms with Gasteiger partial charge in [-0.25, -0.2) is 0 Å². The first kappa shape index (κ1) is 15.5. The Labute approximate surface area is 112 Å². The van der Waals surface area contributed by atoms with Crippen LogP contribution in [0.3, 0.4) is 0 Å². The molecule has 0 aliphatic heterocycles. The Morgan fingerprint density at radius 1 is 1.17 bits per heavy atom. The molecular weight excluding hydrogens is 224 g/mol. The fourth-order valence-corrected chi connectivity index (χ4v) is 2.92. The van der Waals surface area contributed by atoms with Gasteiger partial charge in [0.15, 0.2) is 0 Å². The average Bonchev–Trinajstić information content (AvgIpc) is 2.19. The average molecular weight is 254 g/mol. The molecule has 1 aliphatic rings. The quantitative estimate of drug-likeness (QED) is 0.810. The first-order chi connectivity index (χ1) is 8.29. The SMILES string of the molecule is CC1CCCC(C)C1NCCC(=O)NC(C)(C)C. The van der Waals surface area contributed by atoms with E-state index >= 15 is 0 Å². The fourth-order valence-electron chi connectivity index (χ4n) is 2.92. The number of hydrogen-bond acceptors (Lipinski definition) is 2. The standard InChI is InChI=1S/C15H30N2O/c1-11-7-6-8-12(2)14(11)16-10-9-13(18)17-15(3,4)5/h11-12,14,16H,6-10H2,1-5H3,(H,17,18). The van der Waals surface area contributed by atoms with Crippen LogP contribution in [-0.4, -0.2) is 24.0 Å². The molecule has 2 N–H and O–H groups in total. The van der Waals surface area contributed by atoms with Crippen molar-refractivity contribution in [2.75, 3.05) is 6.54 Å². The smallest absolute Gasteiger partial charge is 0.221 e. The molecule has 2 atom stereocenters. The zero-order valence-electron chi connectivity index (χ0n) is 12.7. The fraction of sp³-hybridized carbons (Fsp3) is 0.933. The topological polar surface area (TPSA) is 41.1 Å². The van der Waals surface area contributed by atoms with Crippen molar-refractivity contribution in [2.45, 2.75) is 71.9 Å². The van der Waals surface area contributed by atoms with Crippen LogP contribution in [0, 0.1) is 11.8 Å². The highest BCUT2D eigenvalue weighted by Gasteiger charge is 2.27. The monoisotopic (exact) mass is 254 g/mol. The van der Waals surface area contributed by atoms with E-state index in [1.54, 1.807) is 0 Å². The minimum Gasteiger partial charge on any atom is -0.351 e. The van der Waals surface area contributed by atoms with Gasteiger partial charge in [-0.05, 0) is 45.4 Å². The van der Waals surface area contributed by atoms with E-state index in [-0.39, 0.29) is 11.4 Å². The summed E-state index contributed by atoms with van der Waals surface area (Å²) < 4.78 is 0. The third-order valence-electron chi connectivity index (χ3n) is 3.79. The normalized spacial score (nSPS) is 29.1. The Morgan fingerprint density at radius 2 is 1.72 bits per heavy atom. The maximum Gasteiger partial charge on any atom is 0.221 e. The van der Waals surface area contributed by atoms with Crippen LogP contribution >= 0.6 is 0 Å². The highest BCUT2D eigenvalue weighted by atomic mass is 16.1. The molecule has 0 radical (unpaired) electrons. The van der Waals surface area contributed by atoms with E-state index in [9.17, 15) is 4.79 Å². The molecule has 0 aromatic heterocycles. The van der Waals surface area contributed by atoms with E-state index < -0.39 is 0 Å². The van der Waals surface area contributed by atoms with E-state index in [2.05, 4.69) is 24.5 Å². The summed E-state index contributed by atoms with van der Waals surface area (Å²) >= 11 is 0. The summed E-state index contributed by atoms with van der Waals surface area (Å²) in [5.74, 6) is 1.62. The lowest BCUT2D eigenvalue weighted by Crippen LogP contribution is -2.45. The molecule has 0 heterocycles. The number of carbonyl (C=O) groups is 1. The van der Waals surface area contributed by atoms with Crippen LogP contribution in [0.5, 0.6) is 0 Å². The Bertz CT molecular complexity index is 260. The second kappa shape index (κ2) is 6.55. The zero-order valence-corrected chi connectivity index (χ0v) is 12.7. The predicted molar refractivity (Wildman–Crippen MR) is 76.5 cm³/mol. The van der Waals surface area contributed by atoms with Gasteiger partial charge in [-0.1, -0.05) is 20.3 Å². The van der Waals surface area contributed by atoms with Gasteiger partial charge < -0.3 is 10.6 Å². The number of carbonyl (C=O) groups excluding carboxylic acids is 1. The predicted octanol–water partition coefficient (Wildman–Crippen LogP) is 2.71. The molecule has 1 aliphatic carbocycles. The summed E-state index contributed by atoms with van der Waals surface area (Å²) in [4.78, 5) is 11.7. The van der Waals surface area contributed by atoms with Crippen molar-refractivity contribution in [2.24, 2.45) is 11.8 Å². The van der Waals surface area contributed by atoms with Crippen LogP contribution in [0.4, 0.5) is 0 Å². The molecule has 106 valence electrons. The van der Waals surface area contributed by atoms with Gasteiger partial charge in [-0.2, -0.15) is 0 Å². The van der Waals surface area contributed by atoms with Crippen molar-refractivity contribution < 1.29 is 4.79 Å². The molecular formula is C15H30N2O. The van der Waals surface area contributed by atoms with E-state index in [1.165, 1.54) is 19.3 Å². The summed E-state index contributed by atoms with van der Waals surface area (Å²) in [6.45, 7) is 11.5. The summed E-state index contributed by atoms with van der Waals surface area (Å²) in [6.07, 6.45) is 4.56.